The van der Waals surface area contributed by atoms with Crippen molar-refractivity contribution in [3.8, 4) is 0 Å². The maximum atomic E-state index is 4.42. The van der Waals surface area contributed by atoms with Gasteiger partial charge in [-0.2, -0.15) is 0 Å². The highest BCUT2D eigenvalue weighted by atomic mass is 15.2. The van der Waals surface area contributed by atoms with Crippen molar-refractivity contribution in [1.29, 1.82) is 0 Å². The van der Waals surface area contributed by atoms with Crippen molar-refractivity contribution in [3.63, 3.8) is 0 Å². The SMILES string of the molecule is CCCNC1CCCC(N(C)Cc2nccn2C)C1. The van der Waals surface area contributed by atoms with E-state index in [-0.39, 0.29) is 0 Å². The number of nitrogens with zero attached hydrogens (tertiary/aromatic N) is 3. The van der Waals surface area contributed by atoms with Gasteiger partial charge in [0.2, 0.25) is 0 Å². The van der Waals surface area contributed by atoms with Crippen LogP contribution in [0.15, 0.2) is 12.4 Å². The van der Waals surface area contributed by atoms with Crippen LogP contribution in [0.3, 0.4) is 0 Å². The molecule has 108 valence electrons. The van der Waals surface area contributed by atoms with E-state index in [0.29, 0.717) is 12.1 Å². The molecule has 2 atom stereocenters. The van der Waals surface area contributed by atoms with Crippen LogP contribution in [0.2, 0.25) is 0 Å². The van der Waals surface area contributed by atoms with Crippen LogP contribution in [0.5, 0.6) is 0 Å². The molecule has 0 spiro atoms. The third kappa shape index (κ3) is 4.05. The summed E-state index contributed by atoms with van der Waals surface area (Å²) in [6.07, 6.45) is 10.4. The van der Waals surface area contributed by atoms with Crippen LogP contribution in [0, 0.1) is 0 Å². The molecule has 1 saturated carbocycles. The first-order chi connectivity index (χ1) is 9.20. The van der Waals surface area contributed by atoms with E-state index in [1.165, 1.54) is 32.1 Å². The third-order valence-corrected chi connectivity index (χ3v) is 4.26. The Morgan fingerprint density at radius 3 is 3.00 bits per heavy atom. The summed E-state index contributed by atoms with van der Waals surface area (Å²) in [5, 5.41) is 3.68. The lowest BCUT2D eigenvalue weighted by atomic mass is 9.90. The van der Waals surface area contributed by atoms with Gasteiger partial charge in [0, 0.05) is 31.5 Å². The van der Waals surface area contributed by atoms with Crippen LogP contribution < -0.4 is 5.32 Å². The standard InChI is InChI=1S/C15H28N4/c1-4-8-16-13-6-5-7-14(11-13)19(3)12-15-17-9-10-18(15)2/h9-10,13-14,16H,4-8,11-12H2,1-3H3. The molecular formula is C15H28N4. The minimum atomic E-state index is 0.694. The van der Waals surface area contributed by atoms with E-state index in [9.17, 15) is 0 Å². The predicted octanol–water partition coefficient (Wildman–Crippen LogP) is 2.16. The number of rotatable bonds is 6. The lowest BCUT2D eigenvalue weighted by molar-refractivity contribution is 0.159. The molecule has 2 unspecified atom stereocenters. The number of imidazole rings is 1. The fourth-order valence-corrected chi connectivity index (χ4v) is 3.00. The highest BCUT2D eigenvalue weighted by Crippen LogP contribution is 2.23. The molecule has 19 heavy (non-hydrogen) atoms. The molecule has 1 aliphatic carbocycles. The van der Waals surface area contributed by atoms with Crippen molar-refractivity contribution in [2.75, 3.05) is 13.6 Å². The minimum absolute atomic E-state index is 0.694. The zero-order chi connectivity index (χ0) is 13.7. The van der Waals surface area contributed by atoms with Gasteiger partial charge in [-0.05, 0) is 39.3 Å². The zero-order valence-corrected chi connectivity index (χ0v) is 12.6. The Balaban J connectivity index is 1.84. The molecule has 0 amide bonds. The normalized spacial score (nSPS) is 24.0. The number of hydrogen-bond donors (Lipinski definition) is 1. The zero-order valence-electron chi connectivity index (χ0n) is 12.6. The molecular weight excluding hydrogens is 236 g/mol. The van der Waals surface area contributed by atoms with E-state index in [0.717, 1.165) is 18.9 Å². The molecule has 1 fully saturated rings. The highest BCUT2D eigenvalue weighted by Gasteiger charge is 2.24. The Hall–Kier alpha value is -0.870. The first-order valence-electron chi connectivity index (χ1n) is 7.60. The molecule has 1 aromatic heterocycles. The molecule has 0 aromatic carbocycles. The fourth-order valence-electron chi connectivity index (χ4n) is 3.00. The van der Waals surface area contributed by atoms with Crippen molar-refractivity contribution in [1.82, 2.24) is 19.8 Å². The van der Waals surface area contributed by atoms with E-state index >= 15 is 0 Å². The maximum Gasteiger partial charge on any atom is 0.122 e. The van der Waals surface area contributed by atoms with Crippen molar-refractivity contribution in [2.24, 2.45) is 7.05 Å². The van der Waals surface area contributed by atoms with E-state index in [1.54, 1.807) is 0 Å². The maximum absolute atomic E-state index is 4.42. The predicted molar refractivity (Wildman–Crippen MR) is 79.0 cm³/mol. The molecule has 1 heterocycles. The molecule has 0 aliphatic heterocycles. The summed E-state index contributed by atoms with van der Waals surface area (Å²) in [7, 11) is 4.31. The molecule has 1 N–H and O–H groups in total. The molecule has 4 heteroatoms. The summed E-state index contributed by atoms with van der Waals surface area (Å²) in [5.74, 6) is 1.16. The average Bonchev–Trinajstić information content (AvgIpc) is 2.82. The highest BCUT2D eigenvalue weighted by molar-refractivity contribution is 4.92. The van der Waals surface area contributed by atoms with E-state index < -0.39 is 0 Å². The molecule has 0 radical (unpaired) electrons. The van der Waals surface area contributed by atoms with Crippen LogP contribution in [0.4, 0.5) is 0 Å². The van der Waals surface area contributed by atoms with E-state index in [2.05, 4.69) is 40.8 Å². The average molecular weight is 264 g/mol. The van der Waals surface area contributed by atoms with Crippen LogP contribution in [-0.2, 0) is 13.6 Å². The monoisotopic (exact) mass is 264 g/mol. The lowest BCUT2D eigenvalue weighted by Crippen LogP contribution is -2.43. The van der Waals surface area contributed by atoms with Crippen LogP contribution in [0.25, 0.3) is 0 Å². The second kappa shape index (κ2) is 7.06. The van der Waals surface area contributed by atoms with Gasteiger partial charge in [0.15, 0.2) is 0 Å². The molecule has 0 bridgehead atoms. The smallest absolute Gasteiger partial charge is 0.122 e. The van der Waals surface area contributed by atoms with Crippen molar-refractivity contribution >= 4 is 0 Å². The van der Waals surface area contributed by atoms with Crippen molar-refractivity contribution < 1.29 is 0 Å². The van der Waals surface area contributed by atoms with Gasteiger partial charge < -0.3 is 9.88 Å². The first-order valence-corrected chi connectivity index (χ1v) is 7.60. The summed E-state index contributed by atoms with van der Waals surface area (Å²) in [6, 6.07) is 1.40. The van der Waals surface area contributed by atoms with Crippen molar-refractivity contribution in [3.05, 3.63) is 18.2 Å². The van der Waals surface area contributed by atoms with Gasteiger partial charge >= 0.3 is 0 Å². The quantitative estimate of drug-likeness (QED) is 0.855. The second-order valence-corrected chi connectivity index (χ2v) is 5.84. The van der Waals surface area contributed by atoms with E-state index in [1.807, 2.05) is 12.4 Å². The number of nitrogens with one attached hydrogen (secondary N) is 1. The summed E-state index contributed by atoms with van der Waals surface area (Å²) in [5.41, 5.74) is 0. The largest absolute Gasteiger partial charge is 0.337 e. The molecule has 4 nitrogen and oxygen atoms in total. The Labute approximate surface area is 117 Å². The summed E-state index contributed by atoms with van der Waals surface area (Å²) < 4.78 is 2.12. The Morgan fingerprint density at radius 1 is 1.47 bits per heavy atom. The summed E-state index contributed by atoms with van der Waals surface area (Å²) in [4.78, 5) is 6.90. The molecule has 1 aromatic rings. The Bertz CT molecular complexity index is 374. The van der Waals surface area contributed by atoms with E-state index in [4.69, 9.17) is 0 Å². The fraction of sp³-hybridized carbons (Fsp3) is 0.800. The topological polar surface area (TPSA) is 33.1 Å². The molecule has 2 rings (SSSR count). The van der Waals surface area contributed by atoms with Gasteiger partial charge in [0.05, 0.1) is 6.54 Å². The third-order valence-electron chi connectivity index (χ3n) is 4.26. The van der Waals surface area contributed by atoms with Crippen LogP contribution >= 0.6 is 0 Å². The number of aromatic nitrogens is 2. The molecule has 1 aliphatic rings. The summed E-state index contributed by atoms with van der Waals surface area (Å²) >= 11 is 0. The Morgan fingerprint density at radius 2 is 2.32 bits per heavy atom. The number of aryl methyl sites for hydroxylation is 1. The van der Waals surface area contributed by atoms with Gasteiger partial charge in [-0.3, -0.25) is 4.90 Å². The van der Waals surface area contributed by atoms with Gasteiger partial charge in [0.25, 0.3) is 0 Å². The molecule has 0 saturated heterocycles. The van der Waals surface area contributed by atoms with Gasteiger partial charge in [0.1, 0.15) is 5.82 Å². The van der Waals surface area contributed by atoms with Gasteiger partial charge in [-0.1, -0.05) is 13.3 Å². The Kier molecular flexibility index (Phi) is 5.40. The lowest BCUT2D eigenvalue weighted by Gasteiger charge is -2.35. The van der Waals surface area contributed by atoms with Crippen molar-refractivity contribution in [2.45, 2.75) is 57.7 Å². The van der Waals surface area contributed by atoms with Crippen LogP contribution in [-0.4, -0.2) is 40.1 Å². The first kappa shape index (κ1) is 14.5. The number of hydrogen-bond acceptors (Lipinski definition) is 3. The summed E-state index contributed by atoms with van der Waals surface area (Å²) in [6.45, 7) is 4.34. The van der Waals surface area contributed by atoms with Gasteiger partial charge in [-0.25, -0.2) is 4.98 Å². The minimum Gasteiger partial charge on any atom is -0.337 e. The van der Waals surface area contributed by atoms with Crippen LogP contribution in [0.1, 0.15) is 44.9 Å². The second-order valence-electron chi connectivity index (χ2n) is 5.84. The van der Waals surface area contributed by atoms with Gasteiger partial charge in [-0.15, -0.1) is 0 Å².